The van der Waals surface area contributed by atoms with Crippen LogP contribution in [0.15, 0.2) is 66.9 Å². The monoisotopic (exact) mass is 360 g/mol. The van der Waals surface area contributed by atoms with E-state index >= 15 is 0 Å². The fourth-order valence-corrected chi connectivity index (χ4v) is 3.56. The number of nitrogens with one attached hydrogen (secondary N) is 1. The summed E-state index contributed by atoms with van der Waals surface area (Å²) in [4.78, 5) is 21.2. The number of aromatic nitrogens is 1. The molecule has 0 bridgehead atoms. The van der Waals surface area contributed by atoms with Crippen LogP contribution in [0.3, 0.4) is 0 Å². The minimum absolute atomic E-state index is 0.0293. The highest BCUT2D eigenvalue weighted by atomic mass is 16.2. The molecule has 2 aromatic carbocycles. The Hall–Kier alpha value is -3.08. The van der Waals surface area contributed by atoms with Gasteiger partial charge in [0, 0.05) is 44.3 Å². The van der Waals surface area contributed by atoms with Crippen LogP contribution >= 0.6 is 0 Å². The standard InChI is InChI=1S/C22H24N4O/c27-22(24-13-11-18-6-2-1-3-7-18)26-16-14-25(15-17-26)20-10-4-8-19-9-5-12-23-21(19)20/h1-10,12H,11,13-17H2,(H,24,27). The number of anilines is 1. The van der Waals surface area contributed by atoms with Gasteiger partial charge in [-0.05, 0) is 24.1 Å². The third-order valence-corrected chi connectivity index (χ3v) is 5.05. The molecule has 2 heterocycles. The van der Waals surface area contributed by atoms with Gasteiger partial charge in [0.15, 0.2) is 0 Å². The lowest BCUT2D eigenvalue weighted by molar-refractivity contribution is 0.194. The number of piperazine rings is 1. The molecule has 0 aliphatic carbocycles. The van der Waals surface area contributed by atoms with Crippen LogP contribution < -0.4 is 10.2 Å². The third-order valence-electron chi connectivity index (χ3n) is 5.05. The van der Waals surface area contributed by atoms with Gasteiger partial charge in [-0.3, -0.25) is 4.98 Å². The molecule has 1 fully saturated rings. The molecule has 0 unspecified atom stereocenters. The van der Waals surface area contributed by atoms with Crippen molar-refractivity contribution in [1.29, 1.82) is 0 Å². The highest BCUT2D eigenvalue weighted by Crippen LogP contribution is 2.25. The Labute approximate surface area is 159 Å². The van der Waals surface area contributed by atoms with Crippen LogP contribution in [0.5, 0.6) is 0 Å². The van der Waals surface area contributed by atoms with Crippen molar-refractivity contribution in [3.8, 4) is 0 Å². The number of amides is 2. The normalized spacial score (nSPS) is 14.4. The van der Waals surface area contributed by atoms with E-state index in [-0.39, 0.29) is 6.03 Å². The minimum atomic E-state index is 0.0293. The lowest BCUT2D eigenvalue weighted by Crippen LogP contribution is -2.52. The summed E-state index contributed by atoms with van der Waals surface area (Å²) in [5.74, 6) is 0. The molecule has 1 aromatic heterocycles. The fraction of sp³-hybridized carbons (Fsp3) is 0.273. The Morgan fingerprint density at radius 1 is 0.926 bits per heavy atom. The van der Waals surface area contributed by atoms with E-state index < -0.39 is 0 Å². The molecule has 1 saturated heterocycles. The molecule has 138 valence electrons. The topological polar surface area (TPSA) is 48.5 Å². The highest BCUT2D eigenvalue weighted by molar-refractivity contribution is 5.90. The molecule has 5 heteroatoms. The molecule has 1 aliphatic rings. The molecule has 0 radical (unpaired) electrons. The maximum absolute atomic E-state index is 12.4. The van der Waals surface area contributed by atoms with E-state index in [1.165, 1.54) is 5.56 Å². The molecule has 4 rings (SSSR count). The van der Waals surface area contributed by atoms with E-state index in [0.717, 1.165) is 49.2 Å². The lowest BCUT2D eigenvalue weighted by Gasteiger charge is -2.36. The number of hydrogen-bond donors (Lipinski definition) is 1. The van der Waals surface area contributed by atoms with Gasteiger partial charge in [-0.1, -0.05) is 48.5 Å². The Bertz CT molecular complexity index is 899. The number of urea groups is 1. The van der Waals surface area contributed by atoms with Crippen molar-refractivity contribution in [2.24, 2.45) is 0 Å². The average molecular weight is 360 g/mol. The zero-order valence-corrected chi connectivity index (χ0v) is 15.3. The quantitative estimate of drug-likeness (QED) is 0.777. The summed E-state index contributed by atoms with van der Waals surface area (Å²) >= 11 is 0. The number of rotatable bonds is 4. The van der Waals surface area contributed by atoms with Crippen molar-refractivity contribution in [3.05, 3.63) is 72.4 Å². The summed E-state index contributed by atoms with van der Waals surface area (Å²) in [5.41, 5.74) is 3.42. The number of carbonyl (C=O) groups is 1. The van der Waals surface area contributed by atoms with Crippen LogP contribution in [0, 0.1) is 0 Å². The number of nitrogens with zero attached hydrogens (tertiary/aromatic N) is 3. The second-order valence-corrected chi connectivity index (χ2v) is 6.79. The van der Waals surface area contributed by atoms with Gasteiger partial charge < -0.3 is 15.1 Å². The molecule has 0 spiro atoms. The molecule has 5 nitrogen and oxygen atoms in total. The van der Waals surface area contributed by atoms with Gasteiger partial charge in [-0.15, -0.1) is 0 Å². The van der Waals surface area contributed by atoms with Crippen LogP contribution in [-0.2, 0) is 6.42 Å². The predicted octanol–water partition coefficient (Wildman–Crippen LogP) is 3.31. The first-order valence-electron chi connectivity index (χ1n) is 9.47. The maximum atomic E-state index is 12.4. The predicted molar refractivity (Wildman–Crippen MR) is 109 cm³/mol. The van der Waals surface area contributed by atoms with Gasteiger partial charge >= 0.3 is 6.03 Å². The van der Waals surface area contributed by atoms with E-state index in [1.54, 1.807) is 0 Å². The van der Waals surface area contributed by atoms with E-state index in [9.17, 15) is 4.79 Å². The van der Waals surface area contributed by atoms with Crippen LogP contribution in [-0.4, -0.2) is 48.6 Å². The van der Waals surface area contributed by atoms with E-state index in [0.29, 0.717) is 6.54 Å². The molecular weight excluding hydrogens is 336 g/mol. The van der Waals surface area contributed by atoms with Crippen molar-refractivity contribution >= 4 is 22.6 Å². The summed E-state index contributed by atoms with van der Waals surface area (Å²) in [7, 11) is 0. The summed E-state index contributed by atoms with van der Waals surface area (Å²) in [6.07, 6.45) is 2.69. The third kappa shape index (κ3) is 4.03. The number of carbonyl (C=O) groups excluding carboxylic acids is 1. The van der Waals surface area contributed by atoms with E-state index in [2.05, 4.69) is 51.6 Å². The molecule has 1 aliphatic heterocycles. The van der Waals surface area contributed by atoms with Gasteiger partial charge in [0.1, 0.15) is 0 Å². The summed E-state index contributed by atoms with van der Waals surface area (Å²) in [6, 6.07) is 20.6. The zero-order chi connectivity index (χ0) is 18.5. The zero-order valence-electron chi connectivity index (χ0n) is 15.3. The van der Waals surface area contributed by atoms with Crippen molar-refractivity contribution < 1.29 is 4.79 Å². The van der Waals surface area contributed by atoms with Crippen LogP contribution in [0.4, 0.5) is 10.5 Å². The van der Waals surface area contributed by atoms with Crippen LogP contribution in [0.25, 0.3) is 10.9 Å². The highest BCUT2D eigenvalue weighted by Gasteiger charge is 2.22. The lowest BCUT2D eigenvalue weighted by atomic mass is 10.1. The van der Waals surface area contributed by atoms with Gasteiger partial charge in [0.2, 0.25) is 0 Å². The summed E-state index contributed by atoms with van der Waals surface area (Å²) in [6.45, 7) is 3.75. The Morgan fingerprint density at radius 2 is 1.70 bits per heavy atom. The number of hydrogen-bond acceptors (Lipinski definition) is 3. The van der Waals surface area contributed by atoms with Crippen molar-refractivity contribution in [2.75, 3.05) is 37.6 Å². The van der Waals surface area contributed by atoms with Gasteiger partial charge in [0.25, 0.3) is 0 Å². The Kier molecular flexibility index (Phi) is 5.19. The molecule has 1 N–H and O–H groups in total. The van der Waals surface area contributed by atoms with Crippen molar-refractivity contribution in [1.82, 2.24) is 15.2 Å². The maximum Gasteiger partial charge on any atom is 0.317 e. The van der Waals surface area contributed by atoms with Crippen LogP contribution in [0.1, 0.15) is 5.56 Å². The first kappa shape index (κ1) is 17.3. The van der Waals surface area contributed by atoms with Crippen molar-refractivity contribution in [2.45, 2.75) is 6.42 Å². The van der Waals surface area contributed by atoms with E-state index in [1.807, 2.05) is 35.4 Å². The molecule has 0 saturated carbocycles. The Morgan fingerprint density at radius 3 is 2.52 bits per heavy atom. The first-order chi connectivity index (χ1) is 13.3. The number of benzene rings is 2. The fourth-order valence-electron chi connectivity index (χ4n) is 3.56. The van der Waals surface area contributed by atoms with E-state index in [4.69, 9.17) is 0 Å². The van der Waals surface area contributed by atoms with Gasteiger partial charge in [-0.25, -0.2) is 4.79 Å². The SMILES string of the molecule is O=C(NCCc1ccccc1)N1CCN(c2cccc3cccnc23)CC1. The number of fused-ring (bicyclic) bond motifs is 1. The average Bonchev–Trinajstić information content (AvgIpc) is 2.74. The van der Waals surface area contributed by atoms with Gasteiger partial charge in [-0.2, -0.15) is 0 Å². The van der Waals surface area contributed by atoms with Crippen molar-refractivity contribution in [3.63, 3.8) is 0 Å². The molecule has 27 heavy (non-hydrogen) atoms. The molecule has 0 atom stereocenters. The summed E-state index contributed by atoms with van der Waals surface area (Å²) < 4.78 is 0. The van der Waals surface area contributed by atoms with Gasteiger partial charge in [0.05, 0.1) is 11.2 Å². The largest absolute Gasteiger partial charge is 0.366 e. The molecule has 3 aromatic rings. The molecule has 2 amide bonds. The number of pyridine rings is 1. The summed E-state index contributed by atoms with van der Waals surface area (Å²) in [5, 5.41) is 4.19. The minimum Gasteiger partial charge on any atom is -0.366 e. The molecular formula is C22H24N4O. The number of para-hydroxylation sites is 1. The second-order valence-electron chi connectivity index (χ2n) is 6.79. The Balaban J connectivity index is 1.31. The van der Waals surface area contributed by atoms with Crippen LogP contribution in [0.2, 0.25) is 0 Å². The first-order valence-corrected chi connectivity index (χ1v) is 9.47. The second kappa shape index (κ2) is 8.08. The smallest absolute Gasteiger partial charge is 0.317 e.